The van der Waals surface area contributed by atoms with Crippen LogP contribution in [0.15, 0.2) is 24.3 Å². The third-order valence-corrected chi connectivity index (χ3v) is 3.15. The van der Waals surface area contributed by atoms with Gasteiger partial charge in [0.2, 0.25) is 11.8 Å². The molecule has 112 valence electrons. The van der Waals surface area contributed by atoms with Gasteiger partial charge in [-0.25, -0.2) is 4.98 Å². The van der Waals surface area contributed by atoms with Crippen LogP contribution in [0.25, 0.3) is 11.0 Å². The summed E-state index contributed by atoms with van der Waals surface area (Å²) in [5.41, 5.74) is 1.85. The van der Waals surface area contributed by atoms with Gasteiger partial charge in [0.15, 0.2) is 0 Å². The van der Waals surface area contributed by atoms with Crippen molar-refractivity contribution in [2.45, 2.75) is 32.7 Å². The molecule has 1 atom stereocenters. The maximum atomic E-state index is 11.8. The Morgan fingerprint density at radius 2 is 2.10 bits per heavy atom. The molecule has 0 aliphatic carbocycles. The third-order valence-electron chi connectivity index (χ3n) is 3.15. The normalized spacial score (nSPS) is 12.1. The van der Waals surface area contributed by atoms with Gasteiger partial charge in [-0.1, -0.05) is 12.1 Å². The molecule has 21 heavy (non-hydrogen) atoms. The zero-order valence-corrected chi connectivity index (χ0v) is 12.3. The van der Waals surface area contributed by atoms with Crippen LogP contribution in [0, 0.1) is 0 Å². The largest absolute Gasteiger partial charge is 0.355 e. The van der Waals surface area contributed by atoms with Crippen LogP contribution in [0.1, 0.15) is 26.1 Å². The van der Waals surface area contributed by atoms with E-state index in [9.17, 15) is 9.59 Å². The van der Waals surface area contributed by atoms with Crippen LogP contribution in [0.4, 0.5) is 0 Å². The molecule has 0 fully saturated rings. The number of rotatable bonds is 6. The van der Waals surface area contributed by atoms with Gasteiger partial charge in [0, 0.05) is 19.4 Å². The first-order valence-electron chi connectivity index (χ1n) is 7.11. The van der Waals surface area contributed by atoms with E-state index in [2.05, 4.69) is 20.6 Å². The van der Waals surface area contributed by atoms with Crippen LogP contribution in [-0.2, 0) is 16.0 Å². The highest BCUT2D eigenvalue weighted by atomic mass is 16.2. The second-order valence-corrected chi connectivity index (χ2v) is 4.88. The lowest BCUT2D eigenvalue weighted by molar-refractivity contribution is -0.128. The van der Waals surface area contributed by atoms with Crippen molar-refractivity contribution in [3.63, 3.8) is 0 Å². The number of aromatic amines is 1. The van der Waals surface area contributed by atoms with Gasteiger partial charge >= 0.3 is 0 Å². The number of aryl methyl sites for hydroxylation is 1. The van der Waals surface area contributed by atoms with Crippen LogP contribution >= 0.6 is 0 Å². The predicted molar refractivity (Wildman–Crippen MR) is 80.7 cm³/mol. The predicted octanol–water partition coefficient (Wildman–Crippen LogP) is 1.14. The van der Waals surface area contributed by atoms with Crippen molar-refractivity contribution in [2.75, 3.05) is 6.54 Å². The van der Waals surface area contributed by atoms with Gasteiger partial charge in [-0.2, -0.15) is 0 Å². The van der Waals surface area contributed by atoms with E-state index in [4.69, 9.17) is 0 Å². The highest BCUT2D eigenvalue weighted by Gasteiger charge is 2.14. The maximum absolute atomic E-state index is 11.8. The van der Waals surface area contributed by atoms with Gasteiger partial charge in [-0.05, 0) is 26.0 Å². The molecule has 0 aliphatic rings. The SMILES string of the molecule is CCNC(=O)[C@@H](C)NC(=O)CCc1nc2ccccc2[nH]1. The standard InChI is InChI=1S/C15H20N4O2/c1-3-16-15(21)10(2)17-14(20)9-8-13-18-11-6-4-5-7-12(11)19-13/h4-7,10H,3,8-9H2,1-2H3,(H,16,21)(H,17,20)(H,18,19)/t10-/m1/s1. The highest BCUT2D eigenvalue weighted by molar-refractivity contribution is 5.87. The minimum absolute atomic E-state index is 0.158. The van der Waals surface area contributed by atoms with Gasteiger partial charge in [0.05, 0.1) is 11.0 Å². The quantitative estimate of drug-likeness (QED) is 0.745. The van der Waals surface area contributed by atoms with Crippen LogP contribution < -0.4 is 10.6 Å². The van der Waals surface area contributed by atoms with Crippen molar-refractivity contribution in [3.05, 3.63) is 30.1 Å². The van der Waals surface area contributed by atoms with E-state index in [0.717, 1.165) is 16.9 Å². The van der Waals surface area contributed by atoms with Crippen molar-refractivity contribution in [3.8, 4) is 0 Å². The van der Waals surface area contributed by atoms with E-state index in [1.54, 1.807) is 6.92 Å². The molecule has 0 saturated heterocycles. The van der Waals surface area contributed by atoms with Crippen molar-refractivity contribution in [1.29, 1.82) is 0 Å². The molecule has 1 aromatic heterocycles. The second-order valence-electron chi connectivity index (χ2n) is 4.88. The Balaban J connectivity index is 1.84. The number of H-pyrrole nitrogens is 1. The van der Waals surface area contributed by atoms with Crippen LogP contribution in [-0.4, -0.2) is 34.4 Å². The molecule has 1 aromatic carbocycles. The van der Waals surface area contributed by atoms with Gasteiger partial charge < -0.3 is 15.6 Å². The van der Waals surface area contributed by atoms with Gasteiger partial charge in [0.1, 0.15) is 11.9 Å². The molecular formula is C15H20N4O2. The zero-order chi connectivity index (χ0) is 15.2. The lowest BCUT2D eigenvalue weighted by Gasteiger charge is -2.12. The molecule has 0 spiro atoms. The lowest BCUT2D eigenvalue weighted by Crippen LogP contribution is -2.44. The first-order valence-corrected chi connectivity index (χ1v) is 7.11. The molecule has 2 aromatic rings. The number of imidazole rings is 1. The topological polar surface area (TPSA) is 86.9 Å². The average molecular weight is 288 g/mol. The van der Waals surface area contributed by atoms with Gasteiger partial charge in [0.25, 0.3) is 0 Å². The number of likely N-dealkylation sites (N-methyl/N-ethyl adjacent to an activating group) is 1. The summed E-state index contributed by atoms with van der Waals surface area (Å²) in [6, 6.07) is 7.21. The summed E-state index contributed by atoms with van der Waals surface area (Å²) in [6.07, 6.45) is 0.812. The molecule has 0 saturated carbocycles. The number of para-hydroxylation sites is 2. The van der Waals surface area contributed by atoms with Crippen LogP contribution in [0.3, 0.4) is 0 Å². The molecule has 0 aliphatic heterocycles. The van der Waals surface area contributed by atoms with Gasteiger partial charge in [-0.3, -0.25) is 9.59 Å². The Labute approximate surface area is 123 Å². The number of hydrogen-bond acceptors (Lipinski definition) is 3. The Morgan fingerprint density at radius 3 is 2.81 bits per heavy atom. The number of fused-ring (bicyclic) bond motifs is 1. The fourth-order valence-electron chi connectivity index (χ4n) is 2.06. The molecule has 2 rings (SSSR count). The summed E-state index contributed by atoms with van der Waals surface area (Å²) in [5, 5.41) is 5.35. The van der Waals surface area contributed by atoms with E-state index in [1.165, 1.54) is 0 Å². The van der Waals surface area contributed by atoms with Crippen molar-refractivity contribution >= 4 is 22.8 Å². The van der Waals surface area contributed by atoms with Crippen LogP contribution in [0.2, 0.25) is 0 Å². The molecule has 2 amide bonds. The Morgan fingerprint density at radius 1 is 1.33 bits per heavy atom. The fraction of sp³-hybridized carbons (Fsp3) is 0.400. The first-order chi connectivity index (χ1) is 10.1. The van der Waals surface area contributed by atoms with Crippen LogP contribution in [0.5, 0.6) is 0 Å². The molecule has 6 nitrogen and oxygen atoms in total. The number of hydrogen-bond donors (Lipinski definition) is 3. The first kappa shape index (κ1) is 15.0. The number of carbonyl (C=O) groups excluding carboxylic acids is 2. The van der Waals surface area contributed by atoms with Crippen molar-refractivity contribution in [2.24, 2.45) is 0 Å². The molecule has 3 N–H and O–H groups in total. The number of nitrogens with one attached hydrogen (secondary N) is 3. The molecule has 0 bridgehead atoms. The highest BCUT2D eigenvalue weighted by Crippen LogP contribution is 2.11. The summed E-state index contributed by atoms with van der Waals surface area (Å²) >= 11 is 0. The Kier molecular flexibility index (Phi) is 4.92. The summed E-state index contributed by atoms with van der Waals surface area (Å²) < 4.78 is 0. The summed E-state index contributed by atoms with van der Waals surface area (Å²) in [5.74, 6) is 0.445. The second kappa shape index (κ2) is 6.88. The third kappa shape index (κ3) is 4.05. The molecule has 0 radical (unpaired) electrons. The monoisotopic (exact) mass is 288 g/mol. The van der Waals surface area contributed by atoms with E-state index in [-0.39, 0.29) is 11.8 Å². The van der Waals surface area contributed by atoms with E-state index < -0.39 is 6.04 Å². The molecule has 0 unspecified atom stereocenters. The molecule has 6 heteroatoms. The van der Waals surface area contributed by atoms with E-state index >= 15 is 0 Å². The molecular weight excluding hydrogens is 268 g/mol. The number of carbonyl (C=O) groups is 2. The maximum Gasteiger partial charge on any atom is 0.242 e. The average Bonchev–Trinajstić information content (AvgIpc) is 2.88. The number of amides is 2. The summed E-state index contributed by atoms with van der Waals surface area (Å²) in [6.45, 7) is 4.07. The molecule has 1 heterocycles. The summed E-state index contributed by atoms with van der Waals surface area (Å²) in [7, 11) is 0. The van der Waals surface area contributed by atoms with Crippen molar-refractivity contribution in [1.82, 2.24) is 20.6 Å². The fourth-order valence-corrected chi connectivity index (χ4v) is 2.06. The zero-order valence-electron chi connectivity index (χ0n) is 12.3. The van der Waals surface area contributed by atoms with Crippen molar-refractivity contribution < 1.29 is 9.59 Å². The Hall–Kier alpha value is -2.37. The number of nitrogens with zero attached hydrogens (tertiary/aromatic N) is 1. The minimum Gasteiger partial charge on any atom is -0.355 e. The van der Waals surface area contributed by atoms with Gasteiger partial charge in [-0.15, -0.1) is 0 Å². The summed E-state index contributed by atoms with van der Waals surface area (Å²) in [4.78, 5) is 30.9. The Bertz CT molecular complexity index is 602. The lowest BCUT2D eigenvalue weighted by atomic mass is 10.2. The van der Waals surface area contributed by atoms with E-state index in [1.807, 2.05) is 31.2 Å². The number of aromatic nitrogens is 2. The number of benzene rings is 1. The minimum atomic E-state index is -0.520. The van der Waals surface area contributed by atoms with E-state index in [0.29, 0.717) is 19.4 Å². The smallest absolute Gasteiger partial charge is 0.242 e.